The first-order valence-electron chi connectivity index (χ1n) is 10.6. The SMILES string of the molecule is Cc1ncccc1Oc1cc(Sc2ccccn2)cnc1Nc1nc(C(O)CC(C)(C)O)cs1. The van der Waals surface area contributed by atoms with Gasteiger partial charge in [-0.05, 0) is 45.0 Å². The smallest absolute Gasteiger partial charge is 0.188 e. The van der Waals surface area contributed by atoms with Crippen LogP contribution in [0.5, 0.6) is 11.5 Å². The average Bonchev–Trinajstić information content (AvgIpc) is 3.26. The minimum absolute atomic E-state index is 0.183. The highest BCUT2D eigenvalue weighted by Gasteiger charge is 2.22. The number of hydrogen-bond donors (Lipinski definition) is 3. The van der Waals surface area contributed by atoms with E-state index in [1.165, 1.54) is 23.1 Å². The minimum atomic E-state index is -0.998. The maximum atomic E-state index is 10.4. The fraction of sp³-hybridized carbons (Fsp3) is 0.250. The Bertz CT molecular complexity index is 1240. The third-order valence-corrected chi connectivity index (χ3v) is 6.33. The van der Waals surface area contributed by atoms with Crippen LogP contribution < -0.4 is 10.1 Å². The van der Waals surface area contributed by atoms with Crippen molar-refractivity contribution in [2.45, 2.75) is 48.8 Å². The third kappa shape index (κ3) is 6.51. The summed E-state index contributed by atoms with van der Waals surface area (Å²) in [6.45, 7) is 5.18. The molecule has 4 aromatic heterocycles. The number of pyridine rings is 3. The van der Waals surface area contributed by atoms with E-state index in [9.17, 15) is 10.2 Å². The number of aromatic nitrogens is 4. The van der Waals surface area contributed by atoms with Crippen molar-refractivity contribution >= 4 is 34.0 Å². The Balaban J connectivity index is 1.60. The van der Waals surface area contributed by atoms with Crippen LogP contribution in [0.1, 0.15) is 37.8 Å². The van der Waals surface area contributed by atoms with E-state index < -0.39 is 11.7 Å². The first-order chi connectivity index (χ1) is 16.3. The van der Waals surface area contributed by atoms with E-state index in [1.807, 2.05) is 43.3 Å². The van der Waals surface area contributed by atoms with Gasteiger partial charge in [-0.3, -0.25) is 4.98 Å². The maximum Gasteiger partial charge on any atom is 0.188 e. The summed E-state index contributed by atoms with van der Waals surface area (Å²) in [7, 11) is 0. The molecule has 0 spiro atoms. The normalized spacial score (nSPS) is 12.4. The van der Waals surface area contributed by atoms with Gasteiger partial charge < -0.3 is 20.3 Å². The zero-order valence-corrected chi connectivity index (χ0v) is 20.6. The lowest BCUT2D eigenvalue weighted by Gasteiger charge is -2.19. The fourth-order valence-corrected chi connectivity index (χ4v) is 4.58. The van der Waals surface area contributed by atoms with Gasteiger partial charge in [0.1, 0.15) is 10.8 Å². The topological polar surface area (TPSA) is 113 Å². The van der Waals surface area contributed by atoms with Crippen molar-refractivity contribution in [1.29, 1.82) is 0 Å². The molecule has 0 amide bonds. The average molecular weight is 496 g/mol. The van der Waals surface area contributed by atoms with E-state index in [-0.39, 0.29) is 6.42 Å². The fourth-order valence-electron chi connectivity index (χ4n) is 3.05. The molecule has 10 heteroatoms. The van der Waals surface area contributed by atoms with Crippen LogP contribution in [0.15, 0.2) is 70.3 Å². The Hall–Kier alpha value is -3.05. The zero-order chi connectivity index (χ0) is 24.1. The summed E-state index contributed by atoms with van der Waals surface area (Å²) < 4.78 is 6.18. The first kappa shape index (κ1) is 24.1. The van der Waals surface area contributed by atoms with Gasteiger partial charge in [0.15, 0.2) is 16.7 Å². The van der Waals surface area contributed by atoms with E-state index in [4.69, 9.17) is 4.74 Å². The Labute approximate surface area is 206 Å². The summed E-state index contributed by atoms with van der Waals surface area (Å²) >= 11 is 2.81. The summed E-state index contributed by atoms with van der Waals surface area (Å²) in [6, 6.07) is 11.3. The summed E-state index contributed by atoms with van der Waals surface area (Å²) in [5.41, 5.74) is 0.243. The number of rotatable bonds is 9. The number of nitrogens with zero attached hydrogens (tertiary/aromatic N) is 4. The first-order valence-corrected chi connectivity index (χ1v) is 12.3. The van der Waals surface area contributed by atoms with Crippen molar-refractivity contribution in [1.82, 2.24) is 19.9 Å². The number of thiazole rings is 1. The summed E-state index contributed by atoms with van der Waals surface area (Å²) in [5.74, 6) is 1.60. The van der Waals surface area contributed by atoms with Gasteiger partial charge in [-0.2, -0.15) is 0 Å². The molecule has 4 rings (SSSR count). The molecule has 3 N–H and O–H groups in total. The Morgan fingerprint density at radius 1 is 1.12 bits per heavy atom. The lowest BCUT2D eigenvalue weighted by Crippen LogP contribution is -2.22. The number of anilines is 2. The Morgan fingerprint density at radius 3 is 2.68 bits per heavy atom. The molecule has 0 aliphatic rings. The second kappa shape index (κ2) is 10.5. The highest BCUT2D eigenvalue weighted by molar-refractivity contribution is 7.99. The molecule has 8 nitrogen and oxygen atoms in total. The second-order valence-corrected chi connectivity index (χ2v) is 10.2. The third-order valence-electron chi connectivity index (χ3n) is 4.65. The molecule has 0 bridgehead atoms. The number of ether oxygens (including phenoxy) is 1. The molecule has 0 saturated heterocycles. The van der Waals surface area contributed by atoms with Crippen LogP contribution in [0, 0.1) is 6.92 Å². The van der Waals surface area contributed by atoms with Crippen molar-refractivity contribution in [2.24, 2.45) is 0 Å². The maximum absolute atomic E-state index is 10.4. The van der Waals surface area contributed by atoms with Crippen molar-refractivity contribution in [3.05, 3.63) is 71.8 Å². The Kier molecular flexibility index (Phi) is 7.42. The lowest BCUT2D eigenvalue weighted by molar-refractivity contribution is 0.0167. The molecule has 34 heavy (non-hydrogen) atoms. The van der Waals surface area contributed by atoms with Gasteiger partial charge in [-0.15, -0.1) is 11.3 Å². The monoisotopic (exact) mass is 495 g/mol. The molecule has 0 aliphatic carbocycles. The van der Waals surface area contributed by atoms with Crippen molar-refractivity contribution in [2.75, 3.05) is 5.32 Å². The van der Waals surface area contributed by atoms with Gasteiger partial charge in [0.2, 0.25) is 0 Å². The molecule has 1 atom stereocenters. The summed E-state index contributed by atoms with van der Waals surface area (Å²) in [6.07, 6.45) is 4.51. The minimum Gasteiger partial charge on any atom is -0.452 e. The van der Waals surface area contributed by atoms with Crippen LogP contribution in [0.25, 0.3) is 0 Å². The predicted molar refractivity (Wildman–Crippen MR) is 133 cm³/mol. The van der Waals surface area contributed by atoms with E-state index in [0.29, 0.717) is 28.1 Å². The van der Waals surface area contributed by atoms with Gasteiger partial charge in [0, 0.05) is 41.4 Å². The number of hydrogen-bond acceptors (Lipinski definition) is 10. The second-order valence-electron chi connectivity index (χ2n) is 8.21. The molecule has 0 fully saturated rings. The van der Waals surface area contributed by atoms with Gasteiger partial charge in [0.05, 0.1) is 23.1 Å². The number of nitrogens with one attached hydrogen (secondary N) is 1. The van der Waals surface area contributed by atoms with Crippen LogP contribution in [0.4, 0.5) is 10.9 Å². The van der Waals surface area contributed by atoms with Crippen molar-refractivity contribution in [3.8, 4) is 11.5 Å². The molecule has 176 valence electrons. The van der Waals surface area contributed by atoms with Crippen molar-refractivity contribution < 1.29 is 14.9 Å². The van der Waals surface area contributed by atoms with E-state index in [0.717, 1.165) is 15.6 Å². The predicted octanol–water partition coefficient (Wildman–Crippen LogP) is 5.52. The van der Waals surface area contributed by atoms with Gasteiger partial charge >= 0.3 is 0 Å². The molecule has 0 saturated carbocycles. The van der Waals surface area contributed by atoms with Gasteiger partial charge in [-0.1, -0.05) is 17.8 Å². The lowest BCUT2D eigenvalue weighted by atomic mass is 10.00. The molecule has 0 radical (unpaired) electrons. The molecule has 4 aromatic rings. The van der Waals surface area contributed by atoms with Crippen molar-refractivity contribution in [3.63, 3.8) is 0 Å². The molecule has 4 heterocycles. The van der Waals surface area contributed by atoms with Crippen LogP contribution in [-0.2, 0) is 0 Å². The standard InChI is InChI=1S/C24H25N5O3S2/c1-15-19(7-6-10-25-15)32-20-11-16(34-21-8-4-5-9-26-21)13-27-22(20)29-23-28-17(14-33-23)18(30)12-24(2,3)31/h4-11,13-14,18,30-31H,12H2,1-3H3,(H,27,28,29). The number of aliphatic hydroxyl groups excluding tert-OH is 1. The summed E-state index contributed by atoms with van der Waals surface area (Å²) in [4.78, 5) is 18.5. The zero-order valence-electron chi connectivity index (χ0n) is 19.0. The highest BCUT2D eigenvalue weighted by atomic mass is 32.2. The number of aryl methyl sites for hydroxylation is 1. The quantitative estimate of drug-likeness (QED) is 0.276. The van der Waals surface area contributed by atoms with Crippen LogP contribution in [-0.4, -0.2) is 35.8 Å². The van der Waals surface area contributed by atoms with Crippen LogP contribution >= 0.6 is 23.1 Å². The molecule has 0 aromatic carbocycles. The Morgan fingerprint density at radius 2 is 1.94 bits per heavy atom. The summed E-state index contributed by atoms with van der Waals surface area (Å²) in [5, 5.41) is 26.7. The molecular formula is C24H25N5O3S2. The molecule has 1 unspecified atom stereocenters. The molecular weight excluding hydrogens is 470 g/mol. The molecule has 0 aliphatic heterocycles. The van der Waals surface area contributed by atoms with E-state index >= 15 is 0 Å². The van der Waals surface area contributed by atoms with Gasteiger partial charge in [0.25, 0.3) is 0 Å². The van der Waals surface area contributed by atoms with Crippen LogP contribution in [0.3, 0.4) is 0 Å². The van der Waals surface area contributed by atoms with E-state index in [1.54, 1.807) is 37.8 Å². The van der Waals surface area contributed by atoms with Gasteiger partial charge in [-0.25, -0.2) is 15.0 Å². The largest absolute Gasteiger partial charge is 0.452 e. The number of aliphatic hydroxyl groups is 2. The highest BCUT2D eigenvalue weighted by Crippen LogP contribution is 2.37. The van der Waals surface area contributed by atoms with Crippen LogP contribution in [0.2, 0.25) is 0 Å². The van der Waals surface area contributed by atoms with E-state index in [2.05, 4.69) is 25.3 Å².